The maximum atomic E-state index is 12.6. The molecule has 1 heterocycles. The van der Waals surface area contributed by atoms with Gasteiger partial charge in [0.15, 0.2) is 0 Å². The topological polar surface area (TPSA) is 86.7 Å². The summed E-state index contributed by atoms with van der Waals surface area (Å²) in [5, 5.41) is 11.5. The maximum Gasteiger partial charge on any atom is 0.303 e. The molecule has 1 fully saturated rings. The molecule has 0 aromatic carbocycles. The van der Waals surface area contributed by atoms with Crippen molar-refractivity contribution in [3.63, 3.8) is 0 Å². The second kappa shape index (κ2) is 8.00. The Morgan fingerprint density at radius 1 is 1.33 bits per heavy atom. The summed E-state index contributed by atoms with van der Waals surface area (Å²) in [6.45, 7) is 6.50. The van der Waals surface area contributed by atoms with Gasteiger partial charge in [-0.2, -0.15) is 0 Å². The highest BCUT2D eigenvalue weighted by Crippen LogP contribution is 2.22. The largest absolute Gasteiger partial charge is 0.481 e. The van der Waals surface area contributed by atoms with E-state index in [4.69, 9.17) is 5.11 Å². The van der Waals surface area contributed by atoms with Gasteiger partial charge in [-0.15, -0.1) is 0 Å². The van der Waals surface area contributed by atoms with Crippen LogP contribution in [0.25, 0.3) is 0 Å². The number of carbonyl (C=O) groups excluding carboxylic acids is 2. The molecule has 0 radical (unpaired) electrons. The first kappa shape index (κ1) is 17.5. The predicted octanol–water partition coefficient (Wildman–Crippen LogP) is 1.25. The molecule has 120 valence electrons. The van der Waals surface area contributed by atoms with E-state index < -0.39 is 12.0 Å². The number of hydrogen-bond donors (Lipinski definition) is 2. The zero-order valence-corrected chi connectivity index (χ0v) is 13.1. The summed E-state index contributed by atoms with van der Waals surface area (Å²) in [6, 6.07) is -0.499. The molecule has 0 aliphatic carbocycles. The lowest BCUT2D eigenvalue weighted by Gasteiger charge is -2.36. The number of likely N-dealkylation sites (tertiary alicyclic amines) is 1. The number of rotatable bonds is 6. The van der Waals surface area contributed by atoms with E-state index in [0.717, 1.165) is 12.8 Å². The van der Waals surface area contributed by atoms with Crippen molar-refractivity contribution in [2.75, 3.05) is 13.1 Å². The molecule has 6 heteroatoms. The number of aliphatic carboxylic acids is 1. The van der Waals surface area contributed by atoms with E-state index in [1.807, 2.05) is 13.8 Å². The highest BCUT2D eigenvalue weighted by atomic mass is 16.4. The van der Waals surface area contributed by atoms with Crippen LogP contribution < -0.4 is 5.32 Å². The first-order valence-corrected chi connectivity index (χ1v) is 7.59. The summed E-state index contributed by atoms with van der Waals surface area (Å²) in [7, 11) is 0. The molecule has 2 atom stereocenters. The van der Waals surface area contributed by atoms with Crippen molar-refractivity contribution < 1.29 is 19.5 Å². The zero-order chi connectivity index (χ0) is 16.0. The van der Waals surface area contributed by atoms with Gasteiger partial charge >= 0.3 is 5.97 Å². The van der Waals surface area contributed by atoms with Gasteiger partial charge in [-0.25, -0.2) is 0 Å². The standard InChI is InChI=1S/C15H26N2O4/c1-10(2)14(16-11(3)18)15(21)17-8-4-5-12(9-17)6-7-13(19)20/h10,12,14H,4-9H2,1-3H3,(H,16,18)(H,19,20). The SMILES string of the molecule is CC(=O)NC(C(=O)N1CCCC(CCC(=O)O)C1)C(C)C. The van der Waals surface area contributed by atoms with Crippen molar-refractivity contribution >= 4 is 17.8 Å². The Bertz CT molecular complexity index is 395. The van der Waals surface area contributed by atoms with E-state index in [1.165, 1.54) is 6.92 Å². The summed E-state index contributed by atoms with van der Waals surface area (Å²) >= 11 is 0. The normalized spacial score (nSPS) is 20.2. The summed E-state index contributed by atoms with van der Waals surface area (Å²) in [6.07, 6.45) is 2.60. The van der Waals surface area contributed by atoms with Gasteiger partial charge in [-0.3, -0.25) is 14.4 Å². The molecule has 0 saturated carbocycles. The molecule has 6 nitrogen and oxygen atoms in total. The number of nitrogens with one attached hydrogen (secondary N) is 1. The fourth-order valence-electron chi connectivity index (χ4n) is 2.76. The van der Waals surface area contributed by atoms with Crippen molar-refractivity contribution in [1.29, 1.82) is 0 Å². The molecule has 21 heavy (non-hydrogen) atoms. The van der Waals surface area contributed by atoms with Crippen molar-refractivity contribution in [1.82, 2.24) is 10.2 Å². The van der Waals surface area contributed by atoms with Crippen molar-refractivity contribution in [3.05, 3.63) is 0 Å². The van der Waals surface area contributed by atoms with Crippen LogP contribution in [-0.2, 0) is 14.4 Å². The number of carboxylic acids is 1. The summed E-state index contributed by atoms with van der Waals surface area (Å²) < 4.78 is 0. The molecule has 0 bridgehead atoms. The minimum absolute atomic E-state index is 0.0285. The lowest BCUT2D eigenvalue weighted by Crippen LogP contribution is -2.53. The monoisotopic (exact) mass is 298 g/mol. The first-order valence-electron chi connectivity index (χ1n) is 7.59. The lowest BCUT2D eigenvalue weighted by atomic mass is 9.92. The van der Waals surface area contributed by atoms with Gasteiger partial charge in [0.1, 0.15) is 6.04 Å². The van der Waals surface area contributed by atoms with Gasteiger partial charge in [0.2, 0.25) is 11.8 Å². The summed E-state index contributed by atoms with van der Waals surface area (Å²) in [5.74, 6) is -0.789. The fraction of sp³-hybridized carbons (Fsp3) is 0.800. The Morgan fingerprint density at radius 3 is 2.52 bits per heavy atom. The molecule has 2 amide bonds. The summed E-state index contributed by atoms with van der Waals surface area (Å²) in [5.41, 5.74) is 0. The molecule has 2 N–H and O–H groups in total. The molecule has 1 aliphatic heterocycles. The molecular formula is C15H26N2O4. The van der Waals surface area contributed by atoms with E-state index in [1.54, 1.807) is 4.90 Å². The third-order valence-corrected chi connectivity index (χ3v) is 3.89. The Labute approximate surface area is 125 Å². The number of amides is 2. The fourth-order valence-corrected chi connectivity index (χ4v) is 2.76. The second-order valence-electron chi connectivity index (χ2n) is 6.15. The van der Waals surface area contributed by atoms with E-state index in [0.29, 0.717) is 19.5 Å². The second-order valence-corrected chi connectivity index (χ2v) is 6.15. The molecule has 0 spiro atoms. The number of piperidine rings is 1. The first-order chi connectivity index (χ1) is 9.81. The molecule has 0 aromatic heterocycles. The molecule has 1 rings (SSSR count). The van der Waals surface area contributed by atoms with Crippen LogP contribution in [0.1, 0.15) is 46.5 Å². The Balaban J connectivity index is 2.62. The number of carboxylic acid groups (broad SMARTS) is 1. The third kappa shape index (κ3) is 5.73. The van der Waals surface area contributed by atoms with Gasteiger partial charge in [0.25, 0.3) is 0 Å². The van der Waals surface area contributed by atoms with Crippen LogP contribution in [0.3, 0.4) is 0 Å². The van der Waals surface area contributed by atoms with Crippen molar-refractivity contribution in [2.24, 2.45) is 11.8 Å². The highest BCUT2D eigenvalue weighted by molar-refractivity contribution is 5.87. The molecule has 1 saturated heterocycles. The van der Waals surface area contributed by atoms with Crippen LogP contribution in [0.5, 0.6) is 0 Å². The van der Waals surface area contributed by atoms with Gasteiger partial charge in [-0.05, 0) is 31.1 Å². The van der Waals surface area contributed by atoms with Crippen LogP contribution in [0.15, 0.2) is 0 Å². The number of hydrogen-bond acceptors (Lipinski definition) is 3. The molecule has 0 aromatic rings. The van der Waals surface area contributed by atoms with Gasteiger partial charge in [0, 0.05) is 26.4 Å². The average molecular weight is 298 g/mol. The van der Waals surface area contributed by atoms with E-state index in [9.17, 15) is 14.4 Å². The molecular weight excluding hydrogens is 272 g/mol. The average Bonchev–Trinajstić information content (AvgIpc) is 2.41. The van der Waals surface area contributed by atoms with E-state index >= 15 is 0 Å². The van der Waals surface area contributed by atoms with Crippen LogP contribution in [0.2, 0.25) is 0 Å². The predicted molar refractivity (Wildman–Crippen MR) is 78.6 cm³/mol. The Kier molecular flexibility index (Phi) is 6.65. The Morgan fingerprint density at radius 2 is 2.00 bits per heavy atom. The minimum Gasteiger partial charge on any atom is -0.481 e. The van der Waals surface area contributed by atoms with Gasteiger partial charge < -0.3 is 15.3 Å². The van der Waals surface area contributed by atoms with Gasteiger partial charge in [0.05, 0.1) is 0 Å². The highest BCUT2D eigenvalue weighted by Gasteiger charge is 2.31. The molecule has 1 aliphatic rings. The quantitative estimate of drug-likeness (QED) is 0.772. The van der Waals surface area contributed by atoms with Crippen molar-refractivity contribution in [3.8, 4) is 0 Å². The number of nitrogens with zero attached hydrogens (tertiary/aromatic N) is 1. The van der Waals surface area contributed by atoms with E-state index in [2.05, 4.69) is 5.32 Å². The summed E-state index contributed by atoms with van der Waals surface area (Å²) in [4.78, 5) is 36.2. The zero-order valence-electron chi connectivity index (χ0n) is 13.1. The third-order valence-electron chi connectivity index (χ3n) is 3.89. The maximum absolute atomic E-state index is 12.6. The number of carbonyl (C=O) groups is 3. The van der Waals surface area contributed by atoms with Crippen LogP contribution in [0, 0.1) is 11.8 Å². The van der Waals surface area contributed by atoms with Crippen LogP contribution in [-0.4, -0.2) is 46.9 Å². The van der Waals surface area contributed by atoms with Gasteiger partial charge in [-0.1, -0.05) is 13.8 Å². The smallest absolute Gasteiger partial charge is 0.303 e. The molecule has 2 unspecified atom stereocenters. The van der Waals surface area contributed by atoms with E-state index in [-0.39, 0.29) is 30.1 Å². The minimum atomic E-state index is -0.795. The van der Waals surface area contributed by atoms with Crippen molar-refractivity contribution in [2.45, 2.75) is 52.5 Å². The van der Waals surface area contributed by atoms with Crippen LogP contribution >= 0.6 is 0 Å². The van der Waals surface area contributed by atoms with Crippen LogP contribution in [0.4, 0.5) is 0 Å². The lowest BCUT2D eigenvalue weighted by molar-refractivity contribution is -0.139. The Hall–Kier alpha value is -1.59.